The summed E-state index contributed by atoms with van der Waals surface area (Å²) >= 11 is 0. The van der Waals surface area contributed by atoms with E-state index < -0.39 is 11.9 Å². The van der Waals surface area contributed by atoms with Gasteiger partial charge < -0.3 is 15.3 Å². The summed E-state index contributed by atoms with van der Waals surface area (Å²) in [6.07, 6.45) is 0. The smallest absolute Gasteiger partial charge is 0.414 e. The van der Waals surface area contributed by atoms with Gasteiger partial charge in [0.25, 0.3) is 0 Å². The Labute approximate surface area is 73.9 Å². The number of phenolic OH excluding ortho intramolecular Hbond substituents is 1. The predicted molar refractivity (Wildman–Crippen MR) is 43.4 cm³/mol. The molecule has 0 saturated carbocycles. The van der Waals surface area contributed by atoms with Crippen LogP contribution in [0.25, 0.3) is 0 Å². The van der Waals surface area contributed by atoms with Crippen LogP contribution in [0.3, 0.4) is 0 Å². The topological polar surface area (TPSA) is 94.8 Å². The van der Waals surface area contributed by atoms with Crippen LogP contribution in [0.15, 0.2) is 30.3 Å². The number of carbonyl (C=O) groups is 2. The molecule has 0 aliphatic rings. The van der Waals surface area contributed by atoms with Crippen LogP contribution in [-0.4, -0.2) is 27.3 Å². The Morgan fingerprint density at radius 3 is 1.46 bits per heavy atom. The molecule has 0 unspecified atom stereocenters. The molecule has 0 aliphatic carbocycles. The quantitative estimate of drug-likeness (QED) is 0.512. The average Bonchev–Trinajstić information content (AvgIpc) is 2.06. The number of benzene rings is 1. The summed E-state index contributed by atoms with van der Waals surface area (Å²) < 4.78 is 0. The van der Waals surface area contributed by atoms with Crippen molar-refractivity contribution in [3.8, 4) is 5.75 Å². The molecule has 13 heavy (non-hydrogen) atoms. The molecule has 1 aromatic carbocycles. The second-order valence-corrected chi connectivity index (χ2v) is 1.95. The molecule has 1 rings (SSSR count). The Balaban J connectivity index is 0.000000226. The highest BCUT2D eigenvalue weighted by Gasteiger charge is 2.04. The van der Waals surface area contributed by atoms with Crippen LogP contribution < -0.4 is 0 Å². The van der Waals surface area contributed by atoms with Gasteiger partial charge in [0, 0.05) is 0 Å². The fourth-order valence-corrected chi connectivity index (χ4v) is 0.428. The van der Waals surface area contributed by atoms with E-state index in [1.54, 1.807) is 24.3 Å². The lowest BCUT2D eigenvalue weighted by molar-refractivity contribution is -0.159. The van der Waals surface area contributed by atoms with Crippen molar-refractivity contribution in [3.63, 3.8) is 0 Å². The van der Waals surface area contributed by atoms with Crippen molar-refractivity contribution in [2.45, 2.75) is 0 Å². The first-order valence-corrected chi connectivity index (χ1v) is 3.24. The van der Waals surface area contributed by atoms with E-state index in [9.17, 15) is 0 Å². The zero-order valence-corrected chi connectivity index (χ0v) is 6.54. The van der Waals surface area contributed by atoms with Gasteiger partial charge in [0.2, 0.25) is 0 Å². The SMILES string of the molecule is O=C(O)C(=O)O.Oc1ccccc1. The molecule has 0 aliphatic heterocycles. The molecule has 0 amide bonds. The van der Waals surface area contributed by atoms with Crippen LogP contribution >= 0.6 is 0 Å². The molecule has 0 saturated heterocycles. The normalized spacial score (nSPS) is 8.00. The Bertz CT molecular complexity index is 268. The third kappa shape index (κ3) is 6.36. The highest BCUT2D eigenvalue weighted by molar-refractivity contribution is 6.27. The van der Waals surface area contributed by atoms with Crippen molar-refractivity contribution < 1.29 is 24.9 Å². The Hall–Kier alpha value is -2.04. The van der Waals surface area contributed by atoms with E-state index in [0.717, 1.165) is 0 Å². The Kier molecular flexibility index (Phi) is 4.71. The second-order valence-electron chi connectivity index (χ2n) is 1.95. The first-order chi connectivity index (χ1) is 6.04. The molecule has 0 aromatic heterocycles. The fraction of sp³-hybridized carbons (Fsp3) is 0. The van der Waals surface area contributed by atoms with Crippen molar-refractivity contribution in [2.75, 3.05) is 0 Å². The lowest BCUT2D eigenvalue weighted by Gasteiger charge is -1.82. The molecule has 0 bridgehead atoms. The second kappa shape index (κ2) is 5.59. The molecule has 5 nitrogen and oxygen atoms in total. The minimum absolute atomic E-state index is 0.322. The molecule has 3 N–H and O–H groups in total. The maximum absolute atomic E-state index is 9.10. The number of carboxylic acids is 2. The van der Waals surface area contributed by atoms with Crippen molar-refractivity contribution >= 4 is 11.9 Å². The van der Waals surface area contributed by atoms with E-state index in [-0.39, 0.29) is 0 Å². The number of para-hydroxylation sites is 1. The summed E-state index contributed by atoms with van der Waals surface area (Å²) in [7, 11) is 0. The van der Waals surface area contributed by atoms with Gasteiger partial charge in [-0.15, -0.1) is 0 Å². The van der Waals surface area contributed by atoms with E-state index in [1.165, 1.54) is 0 Å². The van der Waals surface area contributed by atoms with E-state index in [1.807, 2.05) is 6.07 Å². The zero-order chi connectivity index (χ0) is 10.3. The van der Waals surface area contributed by atoms with Crippen molar-refractivity contribution in [1.82, 2.24) is 0 Å². The lowest BCUT2D eigenvalue weighted by Crippen LogP contribution is -2.09. The molecule has 1 aromatic rings. The lowest BCUT2D eigenvalue weighted by atomic mass is 10.3. The highest BCUT2D eigenvalue weighted by Crippen LogP contribution is 2.02. The van der Waals surface area contributed by atoms with E-state index in [4.69, 9.17) is 24.9 Å². The van der Waals surface area contributed by atoms with Crippen molar-refractivity contribution in [1.29, 1.82) is 0 Å². The van der Waals surface area contributed by atoms with Gasteiger partial charge in [-0.05, 0) is 12.1 Å². The van der Waals surface area contributed by atoms with Crippen molar-refractivity contribution in [3.05, 3.63) is 30.3 Å². The van der Waals surface area contributed by atoms with Gasteiger partial charge in [-0.1, -0.05) is 18.2 Å². The number of hydrogen-bond donors (Lipinski definition) is 3. The van der Waals surface area contributed by atoms with Gasteiger partial charge in [0.1, 0.15) is 5.75 Å². The summed E-state index contributed by atoms with van der Waals surface area (Å²) in [4.78, 5) is 18.2. The van der Waals surface area contributed by atoms with Crippen LogP contribution in [0, 0.1) is 0 Å². The summed E-state index contributed by atoms with van der Waals surface area (Å²) in [5.74, 6) is -3.33. The van der Waals surface area contributed by atoms with Gasteiger partial charge in [-0.2, -0.15) is 0 Å². The largest absolute Gasteiger partial charge is 0.508 e. The number of aromatic hydroxyl groups is 1. The first kappa shape index (κ1) is 11.0. The highest BCUT2D eigenvalue weighted by atomic mass is 16.4. The van der Waals surface area contributed by atoms with Gasteiger partial charge >= 0.3 is 11.9 Å². The average molecular weight is 184 g/mol. The first-order valence-electron chi connectivity index (χ1n) is 3.24. The van der Waals surface area contributed by atoms with Crippen molar-refractivity contribution in [2.24, 2.45) is 0 Å². The van der Waals surface area contributed by atoms with Gasteiger partial charge in [-0.3, -0.25) is 0 Å². The van der Waals surface area contributed by atoms with E-state index >= 15 is 0 Å². The number of carboxylic acid groups (broad SMARTS) is 2. The monoisotopic (exact) mass is 184 g/mol. The molecule has 70 valence electrons. The summed E-state index contributed by atoms with van der Waals surface area (Å²) in [5, 5.41) is 23.4. The third-order valence-electron chi connectivity index (χ3n) is 0.939. The number of rotatable bonds is 0. The van der Waals surface area contributed by atoms with E-state index in [2.05, 4.69) is 0 Å². The number of hydrogen-bond acceptors (Lipinski definition) is 3. The molecule has 0 fully saturated rings. The number of aliphatic carboxylic acids is 2. The van der Waals surface area contributed by atoms with Crippen LogP contribution in [0.5, 0.6) is 5.75 Å². The Morgan fingerprint density at radius 2 is 1.31 bits per heavy atom. The van der Waals surface area contributed by atoms with Gasteiger partial charge in [0.05, 0.1) is 0 Å². The molecular formula is C8H8O5. The maximum atomic E-state index is 9.10. The number of phenols is 1. The molecule has 5 heteroatoms. The van der Waals surface area contributed by atoms with Gasteiger partial charge in [-0.25, -0.2) is 9.59 Å². The standard InChI is InChI=1S/C6H6O.C2H2O4/c7-6-4-2-1-3-5-6;3-1(4)2(5)6/h1-5,7H;(H,3,4)(H,5,6). The fourth-order valence-electron chi connectivity index (χ4n) is 0.428. The molecule has 0 heterocycles. The van der Waals surface area contributed by atoms with E-state index in [0.29, 0.717) is 5.75 Å². The van der Waals surface area contributed by atoms with Crippen LogP contribution in [-0.2, 0) is 9.59 Å². The summed E-state index contributed by atoms with van der Waals surface area (Å²) in [6.45, 7) is 0. The molecule has 0 radical (unpaired) electrons. The minimum Gasteiger partial charge on any atom is -0.508 e. The summed E-state index contributed by atoms with van der Waals surface area (Å²) in [5.41, 5.74) is 0. The predicted octanol–water partition coefficient (Wildman–Crippen LogP) is 0.548. The van der Waals surface area contributed by atoms with Crippen LogP contribution in [0.1, 0.15) is 0 Å². The van der Waals surface area contributed by atoms with Gasteiger partial charge in [0.15, 0.2) is 0 Å². The molecular weight excluding hydrogens is 176 g/mol. The zero-order valence-electron chi connectivity index (χ0n) is 6.54. The van der Waals surface area contributed by atoms with Crippen LogP contribution in [0.4, 0.5) is 0 Å². The minimum atomic E-state index is -1.82. The molecule has 0 atom stereocenters. The third-order valence-corrected chi connectivity index (χ3v) is 0.939. The molecule has 0 spiro atoms. The van der Waals surface area contributed by atoms with Crippen LogP contribution in [0.2, 0.25) is 0 Å². The maximum Gasteiger partial charge on any atom is 0.414 e. The Morgan fingerprint density at radius 1 is 0.923 bits per heavy atom. The summed E-state index contributed by atoms with van der Waals surface area (Å²) in [6, 6.07) is 8.71.